The Kier molecular flexibility index (Phi) is 5.58. The summed E-state index contributed by atoms with van der Waals surface area (Å²) >= 11 is 1.43. The molecule has 0 aliphatic carbocycles. The van der Waals surface area contributed by atoms with E-state index >= 15 is 0 Å². The van der Waals surface area contributed by atoms with Crippen LogP contribution in [0.4, 0.5) is 15.8 Å². The highest BCUT2D eigenvalue weighted by molar-refractivity contribution is 8.00. The molecule has 7 heteroatoms. The van der Waals surface area contributed by atoms with E-state index in [1.807, 2.05) is 13.0 Å². The quantitative estimate of drug-likeness (QED) is 0.870. The van der Waals surface area contributed by atoms with E-state index in [1.165, 1.54) is 29.8 Å². The maximum absolute atomic E-state index is 14.3. The molecule has 2 aromatic carbocycles. The van der Waals surface area contributed by atoms with E-state index in [2.05, 4.69) is 5.32 Å². The molecule has 0 bridgehead atoms. The molecule has 1 aliphatic rings. The summed E-state index contributed by atoms with van der Waals surface area (Å²) in [7, 11) is 1.45. The minimum Gasteiger partial charge on any atom is -0.375 e. The highest BCUT2D eigenvalue weighted by Crippen LogP contribution is 2.43. The number of thioether (sulfide) groups is 1. The lowest BCUT2D eigenvalue weighted by Crippen LogP contribution is -2.28. The van der Waals surface area contributed by atoms with Crippen LogP contribution in [0.15, 0.2) is 42.5 Å². The molecule has 26 heavy (non-hydrogen) atoms. The van der Waals surface area contributed by atoms with E-state index in [-0.39, 0.29) is 35.2 Å². The van der Waals surface area contributed by atoms with Crippen LogP contribution >= 0.6 is 11.8 Å². The SMILES string of the molecule is COCC(=O)Nc1cccc([C@@H]2SCC(=O)N2c2cc(C)ccc2F)c1. The Morgan fingerprint density at radius 1 is 1.35 bits per heavy atom. The Labute approximate surface area is 155 Å². The van der Waals surface area contributed by atoms with Crippen molar-refractivity contribution in [1.29, 1.82) is 0 Å². The van der Waals surface area contributed by atoms with Crippen molar-refractivity contribution in [3.63, 3.8) is 0 Å². The molecule has 2 aromatic rings. The van der Waals surface area contributed by atoms with Crippen LogP contribution in [0.25, 0.3) is 0 Å². The van der Waals surface area contributed by atoms with Crippen LogP contribution in [0, 0.1) is 12.7 Å². The lowest BCUT2D eigenvalue weighted by molar-refractivity contribution is -0.119. The number of rotatable bonds is 5. The van der Waals surface area contributed by atoms with Gasteiger partial charge >= 0.3 is 0 Å². The molecule has 1 heterocycles. The summed E-state index contributed by atoms with van der Waals surface area (Å²) in [5.74, 6) is -0.557. The van der Waals surface area contributed by atoms with Crippen molar-refractivity contribution in [3.8, 4) is 0 Å². The number of anilines is 2. The van der Waals surface area contributed by atoms with Crippen LogP contribution in [0.1, 0.15) is 16.5 Å². The normalized spacial score (nSPS) is 16.8. The Hall–Kier alpha value is -2.38. The predicted octanol–water partition coefficient (Wildman–Crippen LogP) is 3.50. The second-order valence-electron chi connectivity index (χ2n) is 5.99. The summed E-state index contributed by atoms with van der Waals surface area (Å²) in [6.45, 7) is 1.82. The molecular weight excluding hydrogens is 355 g/mol. The fourth-order valence-corrected chi connectivity index (χ4v) is 4.00. The third kappa shape index (κ3) is 3.89. The highest BCUT2D eigenvalue weighted by Gasteiger charge is 2.35. The summed E-state index contributed by atoms with van der Waals surface area (Å²) in [5.41, 5.74) is 2.58. The number of carbonyl (C=O) groups is 2. The summed E-state index contributed by atoms with van der Waals surface area (Å²) in [4.78, 5) is 25.6. The second kappa shape index (κ2) is 7.88. The summed E-state index contributed by atoms with van der Waals surface area (Å²) < 4.78 is 19.2. The summed E-state index contributed by atoms with van der Waals surface area (Å²) in [5, 5.41) is 2.39. The first-order chi connectivity index (χ1) is 12.5. The van der Waals surface area contributed by atoms with Gasteiger partial charge in [-0.1, -0.05) is 18.2 Å². The topological polar surface area (TPSA) is 58.6 Å². The minimum absolute atomic E-state index is 0.0402. The molecular formula is C19H19FN2O3S. The lowest BCUT2D eigenvalue weighted by atomic mass is 10.1. The van der Waals surface area contributed by atoms with Crippen LogP contribution in [0.3, 0.4) is 0 Å². The number of carbonyl (C=O) groups excluding carboxylic acids is 2. The summed E-state index contributed by atoms with van der Waals surface area (Å²) in [6, 6.07) is 11.9. The minimum atomic E-state index is -0.430. The van der Waals surface area contributed by atoms with Gasteiger partial charge in [0.15, 0.2) is 0 Å². The number of benzene rings is 2. The van der Waals surface area contributed by atoms with E-state index in [1.54, 1.807) is 30.3 Å². The van der Waals surface area contributed by atoms with Gasteiger partial charge in [0.2, 0.25) is 11.8 Å². The predicted molar refractivity (Wildman–Crippen MR) is 101 cm³/mol. The van der Waals surface area contributed by atoms with Crippen molar-refractivity contribution < 1.29 is 18.7 Å². The Balaban J connectivity index is 1.91. The van der Waals surface area contributed by atoms with E-state index in [4.69, 9.17) is 4.74 Å². The fraction of sp³-hybridized carbons (Fsp3) is 0.263. The van der Waals surface area contributed by atoms with Crippen molar-refractivity contribution >= 4 is 35.0 Å². The van der Waals surface area contributed by atoms with Crippen LogP contribution in [0.5, 0.6) is 0 Å². The number of ether oxygens (including phenoxy) is 1. The van der Waals surface area contributed by atoms with Gasteiger partial charge in [-0.05, 0) is 42.3 Å². The number of nitrogens with one attached hydrogen (secondary N) is 1. The van der Waals surface area contributed by atoms with Gasteiger partial charge in [0.1, 0.15) is 17.8 Å². The van der Waals surface area contributed by atoms with Crippen molar-refractivity contribution in [1.82, 2.24) is 0 Å². The van der Waals surface area contributed by atoms with Crippen molar-refractivity contribution in [2.24, 2.45) is 0 Å². The number of halogens is 1. The average Bonchev–Trinajstić information content (AvgIpc) is 2.99. The highest BCUT2D eigenvalue weighted by atomic mass is 32.2. The van der Waals surface area contributed by atoms with Crippen molar-refractivity contribution in [2.45, 2.75) is 12.3 Å². The van der Waals surface area contributed by atoms with Gasteiger partial charge in [-0.25, -0.2) is 4.39 Å². The molecule has 0 saturated carbocycles. The molecule has 3 rings (SSSR count). The van der Waals surface area contributed by atoms with Crippen LogP contribution < -0.4 is 10.2 Å². The molecule has 136 valence electrons. The second-order valence-corrected chi connectivity index (χ2v) is 7.06. The largest absolute Gasteiger partial charge is 0.375 e. The smallest absolute Gasteiger partial charge is 0.250 e. The molecule has 0 radical (unpaired) electrons. The van der Waals surface area contributed by atoms with E-state index in [0.717, 1.165) is 11.1 Å². The first-order valence-electron chi connectivity index (χ1n) is 8.08. The van der Waals surface area contributed by atoms with Gasteiger partial charge < -0.3 is 10.1 Å². The zero-order chi connectivity index (χ0) is 18.7. The number of methoxy groups -OCH3 is 1. The van der Waals surface area contributed by atoms with Gasteiger partial charge in [-0.3, -0.25) is 14.5 Å². The Morgan fingerprint density at radius 2 is 2.15 bits per heavy atom. The van der Waals surface area contributed by atoms with Gasteiger partial charge in [0, 0.05) is 12.8 Å². The molecule has 0 aromatic heterocycles. The van der Waals surface area contributed by atoms with Crippen LogP contribution in [0.2, 0.25) is 0 Å². The van der Waals surface area contributed by atoms with Crippen LogP contribution in [-0.2, 0) is 14.3 Å². The van der Waals surface area contributed by atoms with Gasteiger partial charge in [-0.2, -0.15) is 0 Å². The number of aryl methyl sites for hydroxylation is 1. The van der Waals surface area contributed by atoms with Gasteiger partial charge in [0.05, 0.1) is 11.4 Å². The van der Waals surface area contributed by atoms with E-state index in [9.17, 15) is 14.0 Å². The van der Waals surface area contributed by atoms with Gasteiger partial charge in [-0.15, -0.1) is 11.8 Å². The zero-order valence-electron chi connectivity index (χ0n) is 14.5. The van der Waals surface area contributed by atoms with Crippen molar-refractivity contribution in [3.05, 3.63) is 59.4 Å². The molecule has 1 fully saturated rings. The molecule has 1 aliphatic heterocycles. The number of hydrogen-bond acceptors (Lipinski definition) is 4. The van der Waals surface area contributed by atoms with Gasteiger partial charge in [0.25, 0.3) is 0 Å². The average molecular weight is 374 g/mol. The maximum atomic E-state index is 14.3. The van der Waals surface area contributed by atoms with E-state index < -0.39 is 5.82 Å². The third-order valence-corrected chi connectivity index (χ3v) is 5.17. The number of hydrogen-bond donors (Lipinski definition) is 1. The zero-order valence-corrected chi connectivity index (χ0v) is 15.3. The molecule has 0 spiro atoms. The first kappa shape index (κ1) is 18.4. The first-order valence-corrected chi connectivity index (χ1v) is 9.13. The molecule has 5 nitrogen and oxygen atoms in total. The van der Waals surface area contributed by atoms with E-state index in [0.29, 0.717) is 5.69 Å². The molecule has 0 unspecified atom stereocenters. The number of nitrogens with zero attached hydrogens (tertiary/aromatic N) is 1. The Bertz CT molecular complexity index is 843. The maximum Gasteiger partial charge on any atom is 0.250 e. The molecule has 1 saturated heterocycles. The van der Waals surface area contributed by atoms with Crippen LogP contribution in [-0.4, -0.2) is 31.3 Å². The lowest BCUT2D eigenvalue weighted by Gasteiger charge is -2.25. The standard InChI is InChI=1S/C19H19FN2O3S/c1-12-6-7-15(20)16(8-12)22-18(24)11-26-19(22)13-4-3-5-14(9-13)21-17(23)10-25-2/h3-9,19H,10-11H2,1-2H3,(H,21,23)/t19-/m0/s1. The third-order valence-electron chi connectivity index (χ3n) is 3.96. The number of amides is 2. The monoisotopic (exact) mass is 374 g/mol. The Morgan fingerprint density at radius 3 is 2.92 bits per heavy atom. The summed E-state index contributed by atoms with van der Waals surface area (Å²) in [6.07, 6.45) is 0. The molecule has 1 N–H and O–H groups in total. The molecule has 1 atom stereocenters. The molecule has 2 amide bonds. The fourth-order valence-electron chi connectivity index (χ4n) is 2.84. The van der Waals surface area contributed by atoms with Crippen molar-refractivity contribution in [2.75, 3.05) is 29.7 Å².